The Kier molecular flexibility index (Phi) is 6.88. The van der Waals surface area contributed by atoms with Crippen molar-refractivity contribution in [3.05, 3.63) is 75.9 Å². The number of aryl methyl sites for hydroxylation is 1. The van der Waals surface area contributed by atoms with Crippen molar-refractivity contribution < 1.29 is 9.13 Å². The van der Waals surface area contributed by atoms with Gasteiger partial charge in [0.05, 0.1) is 24.9 Å². The van der Waals surface area contributed by atoms with Crippen LogP contribution in [0.3, 0.4) is 0 Å². The first-order valence-corrected chi connectivity index (χ1v) is 11.4. The second-order valence-electron chi connectivity index (χ2n) is 8.67. The highest BCUT2D eigenvalue weighted by Gasteiger charge is 2.21. The van der Waals surface area contributed by atoms with E-state index in [1.54, 1.807) is 36.9 Å². The third-order valence-electron chi connectivity index (χ3n) is 6.60. The first-order valence-electron chi connectivity index (χ1n) is 11.4. The summed E-state index contributed by atoms with van der Waals surface area (Å²) in [5.74, 6) is 1.43. The van der Waals surface area contributed by atoms with Gasteiger partial charge in [-0.2, -0.15) is 0 Å². The van der Waals surface area contributed by atoms with Crippen LogP contribution in [0.15, 0.2) is 47.3 Å². The molecule has 0 N–H and O–H groups in total. The zero-order valence-electron chi connectivity index (χ0n) is 19.1. The fourth-order valence-corrected chi connectivity index (χ4v) is 4.65. The van der Waals surface area contributed by atoms with Crippen LogP contribution in [0.4, 0.5) is 10.1 Å². The molecule has 1 aliphatic carbocycles. The number of rotatable bonds is 6. The maximum Gasteiger partial charge on any atom is 0.261 e. The van der Waals surface area contributed by atoms with Crippen LogP contribution in [0.2, 0.25) is 0 Å². The van der Waals surface area contributed by atoms with Crippen molar-refractivity contribution in [1.82, 2.24) is 9.55 Å². The Bertz CT molecular complexity index is 1240. The third kappa shape index (κ3) is 4.83. The van der Waals surface area contributed by atoms with E-state index >= 15 is 0 Å². The van der Waals surface area contributed by atoms with Crippen molar-refractivity contribution >= 4 is 5.69 Å². The van der Waals surface area contributed by atoms with E-state index < -0.39 is 5.82 Å². The molecule has 0 unspecified atom stereocenters. The van der Waals surface area contributed by atoms with Gasteiger partial charge in [0.2, 0.25) is 5.69 Å². The highest BCUT2D eigenvalue weighted by Crippen LogP contribution is 2.33. The number of methoxy groups -OCH3 is 1. The van der Waals surface area contributed by atoms with Gasteiger partial charge < -0.3 is 4.74 Å². The molecule has 3 aromatic rings. The van der Waals surface area contributed by atoms with Gasteiger partial charge in [0, 0.05) is 19.0 Å². The number of hydrogen-bond donors (Lipinski definition) is 0. The average molecular weight is 446 g/mol. The summed E-state index contributed by atoms with van der Waals surface area (Å²) in [4.78, 5) is 21.6. The third-order valence-corrected chi connectivity index (χ3v) is 6.60. The lowest BCUT2D eigenvalue weighted by molar-refractivity contribution is 0.336. The second kappa shape index (κ2) is 9.99. The molecule has 5 nitrogen and oxygen atoms in total. The smallest absolute Gasteiger partial charge is 0.261 e. The Morgan fingerprint density at radius 2 is 1.82 bits per heavy atom. The van der Waals surface area contributed by atoms with Gasteiger partial charge in [0.1, 0.15) is 17.4 Å². The summed E-state index contributed by atoms with van der Waals surface area (Å²) in [5.41, 5.74) is 1.81. The molecule has 0 bridgehead atoms. The van der Waals surface area contributed by atoms with Gasteiger partial charge in [-0.05, 0) is 36.1 Å². The van der Waals surface area contributed by atoms with E-state index in [4.69, 9.17) is 16.3 Å². The number of halogens is 1. The number of hydrogen-bond acceptors (Lipinski definition) is 3. The largest absolute Gasteiger partial charge is 0.497 e. The summed E-state index contributed by atoms with van der Waals surface area (Å²) < 4.78 is 21.4. The van der Waals surface area contributed by atoms with Crippen LogP contribution in [0, 0.1) is 18.3 Å². The van der Waals surface area contributed by atoms with Crippen LogP contribution in [-0.2, 0) is 13.5 Å². The Hall–Kier alpha value is -3.46. The molecule has 1 saturated carbocycles. The van der Waals surface area contributed by atoms with Crippen molar-refractivity contribution in [2.45, 2.75) is 44.9 Å². The monoisotopic (exact) mass is 445 g/mol. The molecule has 0 saturated heterocycles. The molecule has 6 heteroatoms. The topological polar surface area (TPSA) is 48.5 Å². The first kappa shape index (κ1) is 22.7. The summed E-state index contributed by atoms with van der Waals surface area (Å²) in [7, 11) is 3.34. The fourth-order valence-electron chi connectivity index (χ4n) is 4.65. The average Bonchev–Trinajstić information content (AvgIpc) is 2.85. The lowest BCUT2D eigenvalue weighted by Gasteiger charge is -2.22. The van der Waals surface area contributed by atoms with Crippen molar-refractivity contribution in [3.8, 4) is 28.1 Å². The van der Waals surface area contributed by atoms with Crippen molar-refractivity contribution in [2.75, 3.05) is 7.11 Å². The molecule has 2 aromatic carbocycles. The van der Waals surface area contributed by atoms with E-state index in [9.17, 15) is 9.18 Å². The number of benzene rings is 2. The molecular weight excluding hydrogens is 417 g/mol. The maximum absolute atomic E-state index is 14.5. The minimum Gasteiger partial charge on any atom is -0.497 e. The molecule has 1 aliphatic rings. The summed E-state index contributed by atoms with van der Waals surface area (Å²) in [6.07, 6.45) is 8.00. The molecule has 1 aromatic heterocycles. The van der Waals surface area contributed by atoms with E-state index in [0.717, 1.165) is 6.42 Å². The minimum atomic E-state index is -0.616. The van der Waals surface area contributed by atoms with Crippen molar-refractivity contribution in [2.24, 2.45) is 13.0 Å². The standard InChI is InChI=1S/C27H28FN3O2/c1-29-23-15-12-20(17-22(23)28)26-25(19-10-13-21(33-3)14-11-19)27(32)31(2)24(30-26)16-9-18-7-5-4-6-8-18/h10-15,17-18H,4-9,16H2,2-3H3. The summed E-state index contributed by atoms with van der Waals surface area (Å²) in [6, 6.07) is 11.6. The normalized spacial score (nSPS) is 14.1. The Labute approximate surface area is 193 Å². The predicted molar refractivity (Wildman–Crippen MR) is 128 cm³/mol. The summed E-state index contributed by atoms with van der Waals surface area (Å²) in [5, 5.41) is 0. The van der Waals surface area contributed by atoms with Crippen molar-refractivity contribution in [1.29, 1.82) is 0 Å². The van der Waals surface area contributed by atoms with Gasteiger partial charge in [-0.25, -0.2) is 14.2 Å². The van der Waals surface area contributed by atoms with Gasteiger partial charge in [0.15, 0.2) is 0 Å². The molecule has 0 spiro atoms. The van der Waals surface area contributed by atoms with Crippen LogP contribution in [0.1, 0.15) is 44.3 Å². The lowest BCUT2D eigenvalue weighted by atomic mass is 9.86. The Morgan fingerprint density at radius 3 is 2.45 bits per heavy atom. The van der Waals surface area contributed by atoms with E-state index in [2.05, 4.69) is 4.85 Å². The van der Waals surface area contributed by atoms with Gasteiger partial charge in [-0.1, -0.05) is 56.4 Å². The summed E-state index contributed by atoms with van der Waals surface area (Å²) in [6.45, 7) is 7.13. The molecule has 1 fully saturated rings. The Balaban J connectivity index is 1.82. The van der Waals surface area contributed by atoms with E-state index in [1.807, 2.05) is 12.1 Å². The van der Waals surface area contributed by atoms with Crippen LogP contribution in [0.25, 0.3) is 27.2 Å². The highest BCUT2D eigenvalue weighted by molar-refractivity contribution is 5.81. The zero-order valence-corrected chi connectivity index (χ0v) is 19.1. The molecule has 0 radical (unpaired) electrons. The molecular formula is C27H28FN3O2. The van der Waals surface area contributed by atoms with E-state index in [1.165, 1.54) is 44.2 Å². The second-order valence-corrected chi connectivity index (χ2v) is 8.67. The lowest BCUT2D eigenvalue weighted by Crippen LogP contribution is -2.25. The van der Waals surface area contributed by atoms with Crippen LogP contribution >= 0.6 is 0 Å². The fraction of sp³-hybridized carbons (Fsp3) is 0.370. The molecule has 0 aliphatic heterocycles. The van der Waals surface area contributed by atoms with Gasteiger partial charge in [-0.3, -0.25) is 9.36 Å². The minimum absolute atomic E-state index is 0.0499. The maximum atomic E-state index is 14.5. The van der Waals surface area contributed by atoms with E-state index in [-0.39, 0.29) is 11.2 Å². The highest BCUT2D eigenvalue weighted by atomic mass is 19.1. The first-order chi connectivity index (χ1) is 16.0. The van der Waals surface area contributed by atoms with Crippen LogP contribution in [-0.4, -0.2) is 16.7 Å². The van der Waals surface area contributed by atoms with Gasteiger partial charge in [-0.15, -0.1) is 0 Å². The van der Waals surface area contributed by atoms with Crippen LogP contribution in [0.5, 0.6) is 5.75 Å². The quantitative estimate of drug-likeness (QED) is 0.417. The van der Waals surface area contributed by atoms with Gasteiger partial charge >= 0.3 is 0 Å². The molecule has 1 heterocycles. The van der Waals surface area contributed by atoms with E-state index in [0.29, 0.717) is 46.3 Å². The number of nitrogens with zero attached hydrogens (tertiary/aromatic N) is 3. The SMILES string of the molecule is [C-]#[N+]c1ccc(-c2nc(CCC3CCCCC3)n(C)c(=O)c2-c2ccc(OC)cc2)cc1F. The molecule has 33 heavy (non-hydrogen) atoms. The zero-order chi connectivity index (χ0) is 23.4. The van der Waals surface area contributed by atoms with Crippen LogP contribution < -0.4 is 10.3 Å². The molecule has 170 valence electrons. The number of ether oxygens (including phenoxy) is 1. The summed E-state index contributed by atoms with van der Waals surface area (Å²) >= 11 is 0. The number of aromatic nitrogens is 2. The van der Waals surface area contributed by atoms with Crippen molar-refractivity contribution in [3.63, 3.8) is 0 Å². The van der Waals surface area contributed by atoms with Gasteiger partial charge in [0.25, 0.3) is 5.56 Å². The molecule has 0 atom stereocenters. The molecule has 4 rings (SSSR count). The predicted octanol–water partition coefficient (Wildman–Crippen LogP) is 6.33. The molecule has 0 amide bonds. The Morgan fingerprint density at radius 1 is 1.12 bits per heavy atom.